The molecule has 3 rings (SSSR count). The van der Waals surface area contributed by atoms with E-state index in [1.165, 1.54) is 0 Å². The number of imidazole rings is 2. The molecule has 0 aliphatic heterocycles. The summed E-state index contributed by atoms with van der Waals surface area (Å²) in [4.78, 5) is 22.6. The van der Waals surface area contributed by atoms with Crippen molar-refractivity contribution in [1.29, 1.82) is 0 Å². The Bertz CT molecular complexity index is 658. The fourth-order valence-corrected chi connectivity index (χ4v) is 1.92. The molecule has 0 aliphatic rings. The van der Waals surface area contributed by atoms with Gasteiger partial charge in [-0.05, 0) is 11.1 Å². The van der Waals surface area contributed by atoms with Crippen LogP contribution in [-0.2, 0) is 13.1 Å². The molecule has 0 radical (unpaired) electrons. The third-order valence-corrected chi connectivity index (χ3v) is 3.07. The molecular weight excluding hydrogens is 276 g/mol. The van der Waals surface area contributed by atoms with Gasteiger partial charge in [0.25, 0.3) is 0 Å². The van der Waals surface area contributed by atoms with Crippen molar-refractivity contribution in [2.24, 2.45) is 9.98 Å². The van der Waals surface area contributed by atoms with E-state index in [2.05, 4.69) is 54.2 Å². The van der Waals surface area contributed by atoms with Crippen LogP contribution in [-0.4, -0.2) is 32.4 Å². The Labute approximate surface area is 128 Å². The zero-order valence-electron chi connectivity index (χ0n) is 12.0. The third-order valence-electron chi connectivity index (χ3n) is 3.07. The normalized spacial score (nSPS) is 11.6. The standard InChI is InChI=1S/C16H16N6/c1-2-14(6-18-8-16-10-20-12-22-16)4-3-13(1)5-17-7-15-9-19-11-21-15/h1-4,7-12H,5-6H2,(H,19,21)(H,20,22). The number of nitrogens with zero attached hydrogens (tertiary/aromatic N) is 4. The minimum absolute atomic E-state index is 0.650. The number of H-pyrrole nitrogens is 2. The molecule has 0 spiro atoms. The van der Waals surface area contributed by atoms with Crippen molar-refractivity contribution in [3.8, 4) is 0 Å². The van der Waals surface area contributed by atoms with Crippen molar-refractivity contribution in [1.82, 2.24) is 19.9 Å². The second-order valence-electron chi connectivity index (χ2n) is 4.77. The van der Waals surface area contributed by atoms with Gasteiger partial charge < -0.3 is 9.97 Å². The highest BCUT2D eigenvalue weighted by Crippen LogP contribution is 2.07. The van der Waals surface area contributed by atoms with Crippen LogP contribution in [0.1, 0.15) is 22.5 Å². The molecule has 0 saturated heterocycles. The van der Waals surface area contributed by atoms with Gasteiger partial charge in [-0.15, -0.1) is 0 Å². The van der Waals surface area contributed by atoms with Crippen LogP contribution in [0.3, 0.4) is 0 Å². The van der Waals surface area contributed by atoms with Crippen molar-refractivity contribution in [2.75, 3.05) is 0 Å². The fraction of sp³-hybridized carbons (Fsp3) is 0.125. The van der Waals surface area contributed by atoms with Gasteiger partial charge in [0.05, 0.1) is 49.5 Å². The first-order valence-electron chi connectivity index (χ1n) is 6.94. The zero-order valence-corrected chi connectivity index (χ0v) is 12.0. The van der Waals surface area contributed by atoms with Gasteiger partial charge in [0.2, 0.25) is 0 Å². The number of nitrogens with one attached hydrogen (secondary N) is 2. The topological polar surface area (TPSA) is 82.1 Å². The first-order chi connectivity index (χ1) is 10.9. The lowest BCUT2D eigenvalue weighted by Gasteiger charge is -1.99. The van der Waals surface area contributed by atoms with Crippen LogP contribution in [0, 0.1) is 0 Å². The molecule has 6 nitrogen and oxygen atoms in total. The SMILES string of the molecule is C(=NCc1ccc(CN=Cc2cnc[nH]2)cc1)c1cnc[nH]1. The monoisotopic (exact) mass is 292 g/mol. The van der Waals surface area contributed by atoms with Gasteiger partial charge in [0, 0.05) is 12.4 Å². The van der Waals surface area contributed by atoms with E-state index in [-0.39, 0.29) is 0 Å². The number of aromatic nitrogens is 4. The maximum absolute atomic E-state index is 4.37. The summed E-state index contributed by atoms with van der Waals surface area (Å²) in [5.74, 6) is 0. The second kappa shape index (κ2) is 7.12. The predicted molar refractivity (Wildman–Crippen MR) is 86.2 cm³/mol. The average molecular weight is 292 g/mol. The summed E-state index contributed by atoms with van der Waals surface area (Å²) in [6.07, 6.45) is 10.3. The molecule has 2 aromatic heterocycles. The number of benzene rings is 1. The van der Waals surface area contributed by atoms with Crippen LogP contribution in [0.15, 0.2) is 59.3 Å². The minimum atomic E-state index is 0.650. The van der Waals surface area contributed by atoms with Gasteiger partial charge in [-0.2, -0.15) is 0 Å². The van der Waals surface area contributed by atoms with Crippen LogP contribution < -0.4 is 0 Å². The predicted octanol–water partition coefficient (Wildman–Crippen LogP) is 2.37. The van der Waals surface area contributed by atoms with Crippen LogP contribution in [0.4, 0.5) is 0 Å². The van der Waals surface area contributed by atoms with Crippen molar-refractivity contribution in [3.63, 3.8) is 0 Å². The first-order valence-corrected chi connectivity index (χ1v) is 6.94. The van der Waals surface area contributed by atoms with E-state index in [0.717, 1.165) is 22.5 Å². The summed E-state index contributed by atoms with van der Waals surface area (Å²) < 4.78 is 0. The molecule has 0 saturated carbocycles. The number of hydrogen-bond donors (Lipinski definition) is 2. The Balaban J connectivity index is 1.51. The number of aliphatic imine (C=N–C) groups is 2. The van der Waals surface area contributed by atoms with E-state index in [0.29, 0.717) is 13.1 Å². The van der Waals surface area contributed by atoms with Gasteiger partial charge in [-0.1, -0.05) is 24.3 Å². The third kappa shape index (κ3) is 3.99. The van der Waals surface area contributed by atoms with Gasteiger partial charge >= 0.3 is 0 Å². The largest absolute Gasteiger partial charge is 0.344 e. The quantitative estimate of drug-likeness (QED) is 0.684. The highest BCUT2D eigenvalue weighted by Gasteiger charge is 1.94. The fourth-order valence-electron chi connectivity index (χ4n) is 1.92. The van der Waals surface area contributed by atoms with Crippen LogP contribution in [0.2, 0.25) is 0 Å². The highest BCUT2D eigenvalue weighted by atomic mass is 14.9. The second-order valence-corrected chi connectivity index (χ2v) is 4.77. The Hall–Kier alpha value is -3.02. The summed E-state index contributed by atoms with van der Waals surface area (Å²) in [6, 6.07) is 8.30. The van der Waals surface area contributed by atoms with E-state index in [1.807, 2.05) is 0 Å². The van der Waals surface area contributed by atoms with E-state index < -0.39 is 0 Å². The van der Waals surface area contributed by atoms with Gasteiger partial charge in [-0.25, -0.2) is 9.97 Å². The van der Waals surface area contributed by atoms with E-state index >= 15 is 0 Å². The average Bonchev–Trinajstić information content (AvgIpc) is 3.22. The van der Waals surface area contributed by atoms with E-state index in [1.54, 1.807) is 37.5 Å². The van der Waals surface area contributed by atoms with Crippen molar-refractivity contribution >= 4 is 12.4 Å². The van der Waals surface area contributed by atoms with E-state index in [9.17, 15) is 0 Å². The number of hydrogen-bond acceptors (Lipinski definition) is 4. The summed E-state index contributed by atoms with van der Waals surface area (Å²) in [6.45, 7) is 1.30. The van der Waals surface area contributed by atoms with Crippen molar-refractivity contribution in [3.05, 3.63) is 71.8 Å². The molecule has 110 valence electrons. The van der Waals surface area contributed by atoms with Gasteiger partial charge in [-0.3, -0.25) is 9.98 Å². The Morgan fingerprint density at radius 1 is 0.773 bits per heavy atom. The van der Waals surface area contributed by atoms with Crippen molar-refractivity contribution in [2.45, 2.75) is 13.1 Å². The van der Waals surface area contributed by atoms with E-state index in [4.69, 9.17) is 0 Å². The molecule has 2 heterocycles. The summed E-state index contributed by atoms with van der Waals surface area (Å²) in [7, 11) is 0. The lowest BCUT2D eigenvalue weighted by molar-refractivity contribution is 1.04. The van der Waals surface area contributed by atoms with Crippen molar-refractivity contribution < 1.29 is 0 Å². The maximum atomic E-state index is 4.37. The molecule has 0 bridgehead atoms. The lowest BCUT2D eigenvalue weighted by Crippen LogP contribution is -1.88. The molecule has 2 N–H and O–H groups in total. The van der Waals surface area contributed by atoms with Crippen LogP contribution >= 0.6 is 0 Å². The summed E-state index contributed by atoms with van der Waals surface area (Å²) in [5, 5.41) is 0. The molecule has 0 atom stereocenters. The van der Waals surface area contributed by atoms with Gasteiger partial charge in [0.1, 0.15) is 0 Å². The highest BCUT2D eigenvalue weighted by molar-refractivity contribution is 5.76. The molecule has 1 aromatic carbocycles. The first kappa shape index (κ1) is 13.9. The van der Waals surface area contributed by atoms with Crippen LogP contribution in [0.25, 0.3) is 0 Å². The molecule has 0 fully saturated rings. The molecule has 22 heavy (non-hydrogen) atoms. The smallest absolute Gasteiger partial charge is 0.0924 e. The Morgan fingerprint density at radius 2 is 1.23 bits per heavy atom. The number of aromatic amines is 2. The molecular formula is C16H16N6. The number of rotatable bonds is 6. The zero-order chi connectivity index (χ0) is 15.0. The maximum Gasteiger partial charge on any atom is 0.0924 e. The summed E-state index contributed by atoms with van der Waals surface area (Å²) in [5.41, 5.74) is 4.14. The lowest BCUT2D eigenvalue weighted by atomic mass is 10.1. The Morgan fingerprint density at radius 3 is 1.59 bits per heavy atom. The molecule has 0 unspecified atom stereocenters. The molecule has 6 heteroatoms. The molecule has 0 aliphatic carbocycles. The Kier molecular flexibility index (Phi) is 4.51. The molecule has 3 aromatic rings. The summed E-state index contributed by atoms with van der Waals surface area (Å²) >= 11 is 0. The molecule has 0 amide bonds. The minimum Gasteiger partial charge on any atom is -0.344 e. The van der Waals surface area contributed by atoms with Crippen LogP contribution in [0.5, 0.6) is 0 Å². The van der Waals surface area contributed by atoms with Gasteiger partial charge in [0.15, 0.2) is 0 Å².